The van der Waals surface area contributed by atoms with Gasteiger partial charge >= 0.3 is 5.97 Å². The summed E-state index contributed by atoms with van der Waals surface area (Å²) in [6.45, 7) is 3.47. The van der Waals surface area contributed by atoms with Gasteiger partial charge in [-0.15, -0.1) is 11.8 Å². The van der Waals surface area contributed by atoms with Crippen molar-refractivity contribution in [3.05, 3.63) is 29.8 Å². The van der Waals surface area contributed by atoms with Crippen LogP contribution in [0.4, 0.5) is 0 Å². The van der Waals surface area contributed by atoms with Gasteiger partial charge in [-0.05, 0) is 38.6 Å². The molecule has 1 aromatic rings. The number of nitrogens with two attached hydrogens (primary N) is 1. The summed E-state index contributed by atoms with van der Waals surface area (Å²) in [5, 5.41) is 26.5. The predicted octanol–water partition coefficient (Wildman–Crippen LogP) is -1.36. The molecule has 3 rings (SSSR count). The van der Waals surface area contributed by atoms with Crippen molar-refractivity contribution in [1.82, 2.24) is 20.9 Å². The third-order valence-electron chi connectivity index (χ3n) is 5.83. The van der Waals surface area contributed by atoms with E-state index in [-0.39, 0.29) is 12.2 Å². The fraction of sp³-hybridized carbons (Fsp3) is 0.476. The molecule has 184 valence electrons. The minimum Gasteiger partial charge on any atom is -0.508 e. The van der Waals surface area contributed by atoms with Crippen LogP contribution in [0.5, 0.6) is 5.75 Å². The van der Waals surface area contributed by atoms with Crippen molar-refractivity contribution >= 4 is 41.4 Å². The highest BCUT2D eigenvalue weighted by molar-refractivity contribution is 8.01. The monoisotopic (exact) mass is 493 g/mol. The maximum atomic E-state index is 13.1. The highest BCUT2D eigenvalue weighted by Gasteiger charge is 2.64. The molecule has 12 nitrogen and oxygen atoms in total. The second kappa shape index (κ2) is 9.60. The Hall–Kier alpha value is -3.16. The van der Waals surface area contributed by atoms with Crippen LogP contribution in [-0.2, 0) is 24.0 Å². The molecule has 1 aromatic carbocycles. The number of nitrogens with zero attached hydrogens (tertiary/aromatic N) is 1. The topological polar surface area (TPSA) is 191 Å². The highest BCUT2D eigenvalue weighted by atomic mass is 32.2. The largest absolute Gasteiger partial charge is 0.508 e. The van der Waals surface area contributed by atoms with Crippen molar-refractivity contribution in [2.24, 2.45) is 5.73 Å². The molecule has 2 aliphatic heterocycles. The summed E-state index contributed by atoms with van der Waals surface area (Å²) in [6, 6.07) is 1.52. The first-order valence-corrected chi connectivity index (χ1v) is 11.3. The number of hydrogen-bond donors (Lipinski definition) is 6. The number of likely N-dealkylation sites (N-methyl/N-ethyl adjacent to an activating group) is 1. The van der Waals surface area contributed by atoms with E-state index in [1.807, 2.05) is 0 Å². The zero-order valence-electron chi connectivity index (χ0n) is 18.8. The standard InChI is InChI=1S/C21H27N5O7S/c1-21(2)15(20(32)33)26-18(31)14(19(26)34-21)24-13(9-4-6-10(27)7-5-9)17(30)25-16(29)11(23-3)8-12(22)28/h4-7,11,13-15,19,23-24,27H,8H2,1-3H3,(H2,22,28)(H,32,33)(H,25,29,30)/t11-,13+,14-,15+,19?/m1/s1. The number of primary amides is 1. The number of imide groups is 1. The Morgan fingerprint density at radius 3 is 2.32 bits per heavy atom. The molecule has 0 spiro atoms. The Balaban J connectivity index is 1.83. The van der Waals surface area contributed by atoms with Crippen molar-refractivity contribution < 1.29 is 34.2 Å². The van der Waals surface area contributed by atoms with E-state index in [9.17, 15) is 34.2 Å². The van der Waals surface area contributed by atoms with Gasteiger partial charge in [0.05, 0.1) is 12.5 Å². The molecule has 0 radical (unpaired) electrons. The summed E-state index contributed by atoms with van der Waals surface area (Å²) in [6.07, 6.45) is -0.326. The number of nitrogens with one attached hydrogen (secondary N) is 3. The average Bonchev–Trinajstić information content (AvgIpc) is 3.01. The Bertz CT molecular complexity index is 1020. The molecule has 1 unspecified atom stereocenters. The maximum absolute atomic E-state index is 13.1. The molecule has 34 heavy (non-hydrogen) atoms. The molecule has 7 N–H and O–H groups in total. The van der Waals surface area contributed by atoms with Gasteiger partial charge in [-0.25, -0.2) is 4.79 Å². The first-order chi connectivity index (χ1) is 15.9. The summed E-state index contributed by atoms with van der Waals surface area (Å²) >= 11 is 1.31. The molecule has 2 saturated heterocycles. The molecule has 2 aliphatic rings. The number of phenols is 1. The van der Waals surface area contributed by atoms with E-state index in [0.717, 1.165) is 0 Å². The van der Waals surface area contributed by atoms with E-state index in [1.165, 1.54) is 48.0 Å². The molecule has 4 amide bonds. The van der Waals surface area contributed by atoms with Crippen molar-refractivity contribution in [2.45, 2.75) is 54.6 Å². The van der Waals surface area contributed by atoms with Crippen LogP contribution >= 0.6 is 11.8 Å². The molecule has 2 fully saturated rings. The van der Waals surface area contributed by atoms with E-state index in [4.69, 9.17) is 5.73 Å². The molecular weight excluding hydrogens is 466 g/mol. The van der Waals surface area contributed by atoms with Crippen molar-refractivity contribution in [3.8, 4) is 5.75 Å². The second-order valence-corrected chi connectivity index (χ2v) is 10.4. The molecule has 5 atom stereocenters. The quantitative estimate of drug-likeness (QED) is 0.224. The SMILES string of the molecule is CN[C@H](CC(N)=O)C(=O)NC(=O)[C@@H](N[C@@H]1C(=O)N2C1SC(C)(C)[C@@H]2C(=O)O)c1ccc(O)cc1. The Morgan fingerprint density at radius 2 is 1.79 bits per heavy atom. The minimum absolute atomic E-state index is 0.0426. The van der Waals surface area contributed by atoms with Crippen molar-refractivity contribution in [1.29, 1.82) is 0 Å². The third-order valence-corrected chi connectivity index (χ3v) is 7.40. The van der Waals surface area contributed by atoms with Crippen LogP contribution in [0.3, 0.4) is 0 Å². The number of benzene rings is 1. The number of carbonyl (C=O) groups excluding carboxylic acids is 4. The van der Waals surface area contributed by atoms with Gasteiger partial charge in [-0.2, -0.15) is 0 Å². The van der Waals surface area contributed by atoms with Gasteiger partial charge in [0, 0.05) is 4.75 Å². The second-order valence-electron chi connectivity index (χ2n) is 8.63. The normalized spacial score (nSPS) is 24.5. The van der Waals surface area contributed by atoms with Gasteiger partial charge in [0.2, 0.25) is 23.6 Å². The van der Waals surface area contributed by atoms with Crippen LogP contribution in [0.1, 0.15) is 31.9 Å². The first-order valence-electron chi connectivity index (χ1n) is 10.5. The molecule has 13 heteroatoms. The van der Waals surface area contributed by atoms with Crippen LogP contribution in [0.15, 0.2) is 24.3 Å². The summed E-state index contributed by atoms with van der Waals surface area (Å²) in [7, 11) is 1.44. The Labute approximate surface area is 199 Å². The average molecular weight is 494 g/mol. The van der Waals surface area contributed by atoms with Gasteiger partial charge in [0.15, 0.2) is 0 Å². The van der Waals surface area contributed by atoms with Gasteiger partial charge in [-0.3, -0.25) is 29.8 Å². The number of rotatable bonds is 9. The minimum atomic E-state index is -1.18. The van der Waals surface area contributed by atoms with Crippen molar-refractivity contribution in [3.63, 3.8) is 0 Å². The van der Waals surface area contributed by atoms with Gasteiger partial charge < -0.3 is 26.2 Å². The van der Waals surface area contributed by atoms with E-state index in [0.29, 0.717) is 5.56 Å². The number of hydrogen-bond acceptors (Lipinski definition) is 9. The number of aliphatic carboxylic acids is 1. The number of aromatic hydroxyl groups is 1. The van der Waals surface area contributed by atoms with Crippen molar-refractivity contribution in [2.75, 3.05) is 7.05 Å². The van der Waals surface area contributed by atoms with E-state index < -0.39 is 63.9 Å². The van der Waals surface area contributed by atoms with Crippen LogP contribution < -0.4 is 21.7 Å². The lowest BCUT2D eigenvalue weighted by atomic mass is 9.95. The lowest BCUT2D eigenvalue weighted by molar-refractivity contribution is -0.160. The van der Waals surface area contributed by atoms with E-state index in [1.54, 1.807) is 13.8 Å². The molecular formula is C21H27N5O7S. The third kappa shape index (κ3) is 4.86. The number of β-lactam (4-membered cyclic amide) rings is 1. The van der Waals surface area contributed by atoms with Crippen LogP contribution in [-0.4, -0.2) is 80.0 Å². The van der Waals surface area contributed by atoms with E-state index in [2.05, 4.69) is 16.0 Å². The van der Waals surface area contributed by atoms with Crippen LogP contribution in [0, 0.1) is 0 Å². The Kier molecular flexibility index (Phi) is 7.19. The van der Waals surface area contributed by atoms with E-state index >= 15 is 0 Å². The summed E-state index contributed by atoms with van der Waals surface area (Å²) in [5.74, 6) is -3.93. The number of amides is 4. The lowest BCUT2D eigenvalue weighted by Gasteiger charge is -2.45. The summed E-state index contributed by atoms with van der Waals surface area (Å²) in [5.41, 5.74) is 5.51. The first kappa shape index (κ1) is 25.5. The Morgan fingerprint density at radius 1 is 1.18 bits per heavy atom. The zero-order chi connectivity index (χ0) is 25.4. The molecule has 0 saturated carbocycles. The van der Waals surface area contributed by atoms with Gasteiger partial charge in [0.1, 0.15) is 29.2 Å². The van der Waals surface area contributed by atoms with Crippen LogP contribution in [0.2, 0.25) is 0 Å². The fourth-order valence-electron chi connectivity index (χ4n) is 4.14. The smallest absolute Gasteiger partial charge is 0.327 e. The van der Waals surface area contributed by atoms with Gasteiger partial charge in [-0.1, -0.05) is 12.1 Å². The molecule has 2 heterocycles. The number of thioether (sulfide) groups is 1. The number of carboxylic acid groups (broad SMARTS) is 1. The number of carboxylic acids is 1. The molecule has 0 aliphatic carbocycles. The number of fused-ring (bicyclic) bond motifs is 1. The highest BCUT2D eigenvalue weighted by Crippen LogP contribution is 2.51. The molecule has 0 bridgehead atoms. The predicted molar refractivity (Wildman–Crippen MR) is 121 cm³/mol. The molecule has 0 aromatic heterocycles. The number of phenolic OH excluding ortho intramolecular Hbond substituents is 1. The maximum Gasteiger partial charge on any atom is 0.327 e. The number of carbonyl (C=O) groups is 5. The fourth-order valence-corrected chi connectivity index (χ4v) is 5.78. The van der Waals surface area contributed by atoms with Crippen LogP contribution in [0.25, 0.3) is 0 Å². The summed E-state index contributed by atoms with van der Waals surface area (Å²) < 4.78 is -0.746. The lowest BCUT2D eigenvalue weighted by Crippen LogP contribution is -2.70. The summed E-state index contributed by atoms with van der Waals surface area (Å²) in [4.78, 5) is 62.7. The van der Waals surface area contributed by atoms with Gasteiger partial charge in [0.25, 0.3) is 0 Å². The zero-order valence-corrected chi connectivity index (χ0v) is 19.6.